The summed E-state index contributed by atoms with van der Waals surface area (Å²) in [7, 11) is -4.70. The van der Waals surface area contributed by atoms with Crippen LogP contribution in [-0.2, 0) is 31.6 Å². The molecule has 2 aromatic rings. The standard InChI is InChI=1S/C27H27F7N4O6S/c1-3-37-22(40)24(2,36-23(37)41)14-35-21(39)13-18-8-4-15-12-16(25(42,26(29,30)31)27(32,33)34)5-11-20(15)38(18)45(43,44)19-9-6-17(28)7-10-19/h5-7,9-12,18,42H,3-4,8,13-14H2,1-2H3,(H,35,39)(H,36,41). The highest BCUT2D eigenvalue weighted by Gasteiger charge is 2.71. The van der Waals surface area contributed by atoms with E-state index >= 15 is 0 Å². The van der Waals surface area contributed by atoms with E-state index < -0.39 is 80.1 Å². The zero-order chi connectivity index (χ0) is 33.8. The summed E-state index contributed by atoms with van der Waals surface area (Å²) in [4.78, 5) is 38.1. The second-order valence-corrected chi connectivity index (χ2v) is 12.6. The first-order chi connectivity index (χ1) is 20.7. The summed E-state index contributed by atoms with van der Waals surface area (Å²) in [6.07, 6.45) is -13.5. The summed E-state index contributed by atoms with van der Waals surface area (Å²) in [5.41, 5.74) is -9.01. The molecule has 4 rings (SSSR count). The van der Waals surface area contributed by atoms with Crippen LogP contribution in [0.4, 0.5) is 41.2 Å². The minimum Gasteiger partial charge on any atom is -0.369 e. The Hall–Kier alpha value is -3.93. The molecule has 0 spiro atoms. The summed E-state index contributed by atoms with van der Waals surface area (Å²) in [5.74, 6) is -2.20. The highest BCUT2D eigenvalue weighted by atomic mass is 32.2. The molecule has 0 bridgehead atoms. The number of carbonyl (C=O) groups is 3. The predicted molar refractivity (Wildman–Crippen MR) is 143 cm³/mol. The zero-order valence-corrected chi connectivity index (χ0v) is 24.4. The number of likely N-dealkylation sites (N-methyl/N-ethyl adjacent to an activating group) is 1. The zero-order valence-electron chi connectivity index (χ0n) is 23.6. The van der Waals surface area contributed by atoms with Crippen molar-refractivity contribution in [2.75, 3.05) is 17.4 Å². The van der Waals surface area contributed by atoms with Crippen LogP contribution < -0.4 is 14.9 Å². The number of nitrogens with zero attached hydrogens (tertiary/aromatic N) is 2. The van der Waals surface area contributed by atoms with Crippen molar-refractivity contribution in [1.29, 1.82) is 0 Å². The molecule has 246 valence electrons. The molecule has 2 aliphatic rings. The van der Waals surface area contributed by atoms with E-state index in [1.807, 2.05) is 0 Å². The van der Waals surface area contributed by atoms with Gasteiger partial charge in [0, 0.05) is 25.1 Å². The fourth-order valence-corrected chi connectivity index (χ4v) is 7.01. The van der Waals surface area contributed by atoms with E-state index in [2.05, 4.69) is 10.6 Å². The van der Waals surface area contributed by atoms with Gasteiger partial charge < -0.3 is 15.7 Å². The molecule has 1 saturated heterocycles. The molecule has 2 aromatic carbocycles. The first-order valence-corrected chi connectivity index (χ1v) is 14.8. The van der Waals surface area contributed by atoms with Gasteiger partial charge in [0.2, 0.25) is 5.91 Å². The Morgan fingerprint density at radius 2 is 1.67 bits per heavy atom. The Kier molecular flexibility index (Phi) is 8.64. The molecular formula is C27H27F7N4O6S. The van der Waals surface area contributed by atoms with Gasteiger partial charge in [-0.25, -0.2) is 17.6 Å². The maximum absolute atomic E-state index is 13.8. The van der Waals surface area contributed by atoms with Gasteiger partial charge in [-0.05, 0) is 62.6 Å². The van der Waals surface area contributed by atoms with Crippen molar-refractivity contribution in [2.45, 2.75) is 67.5 Å². The molecule has 1 fully saturated rings. The maximum Gasteiger partial charge on any atom is 0.430 e. The lowest BCUT2D eigenvalue weighted by Gasteiger charge is -2.39. The molecule has 45 heavy (non-hydrogen) atoms. The second kappa shape index (κ2) is 11.5. The van der Waals surface area contributed by atoms with Crippen LogP contribution in [0.25, 0.3) is 0 Å². The Labute approximate surface area is 252 Å². The van der Waals surface area contributed by atoms with E-state index in [1.54, 1.807) is 6.92 Å². The number of alkyl halides is 6. The molecule has 2 atom stereocenters. The average Bonchev–Trinajstić information content (AvgIpc) is 3.16. The Morgan fingerprint density at radius 1 is 1.07 bits per heavy atom. The number of imide groups is 1. The molecule has 2 unspecified atom stereocenters. The average molecular weight is 669 g/mol. The number of hydrogen-bond donors (Lipinski definition) is 3. The van der Waals surface area contributed by atoms with E-state index in [4.69, 9.17) is 0 Å². The summed E-state index contributed by atoms with van der Waals surface area (Å²) in [6, 6.07) is 2.89. The number of carbonyl (C=O) groups excluding carboxylic acids is 3. The third kappa shape index (κ3) is 5.92. The molecule has 10 nitrogen and oxygen atoms in total. The van der Waals surface area contributed by atoms with Crippen molar-refractivity contribution >= 4 is 33.6 Å². The van der Waals surface area contributed by atoms with Gasteiger partial charge in [0.05, 0.1) is 16.6 Å². The van der Waals surface area contributed by atoms with E-state index in [0.717, 1.165) is 29.2 Å². The van der Waals surface area contributed by atoms with Crippen molar-refractivity contribution in [3.8, 4) is 0 Å². The van der Waals surface area contributed by atoms with Gasteiger partial charge >= 0.3 is 18.4 Å². The van der Waals surface area contributed by atoms with Crippen molar-refractivity contribution < 1.29 is 58.6 Å². The largest absolute Gasteiger partial charge is 0.430 e. The number of hydrogen-bond acceptors (Lipinski definition) is 6. The molecule has 2 aliphatic heterocycles. The number of nitrogens with one attached hydrogen (secondary N) is 2. The number of aryl methyl sites for hydroxylation is 1. The smallest absolute Gasteiger partial charge is 0.369 e. The van der Waals surface area contributed by atoms with E-state index in [1.165, 1.54) is 6.92 Å². The maximum atomic E-state index is 13.8. The summed E-state index contributed by atoms with van der Waals surface area (Å²) < 4.78 is 123. The van der Waals surface area contributed by atoms with E-state index in [-0.39, 0.29) is 37.2 Å². The molecule has 0 radical (unpaired) electrons. The fraction of sp³-hybridized carbons (Fsp3) is 0.444. The van der Waals surface area contributed by atoms with Gasteiger partial charge in [-0.15, -0.1) is 0 Å². The molecule has 4 amide bonds. The number of anilines is 1. The lowest BCUT2D eigenvalue weighted by Crippen LogP contribution is -2.54. The van der Waals surface area contributed by atoms with Gasteiger partial charge in [0.1, 0.15) is 11.4 Å². The van der Waals surface area contributed by atoms with E-state index in [0.29, 0.717) is 22.5 Å². The molecule has 0 saturated carbocycles. The number of rotatable bonds is 8. The van der Waals surface area contributed by atoms with Gasteiger partial charge in [0.25, 0.3) is 21.5 Å². The van der Waals surface area contributed by atoms with Crippen LogP contribution in [0.15, 0.2) is 47.4 Å². The van der Waals surface area contributed by atoms with Gasteiger partial charge in [-0.1, -0.05) is 12.1 Å². The third-order valence-corrected chi connectivity index (χ3v) is 9.61. The lowest BCUT2D eigenvalue weighted by atomic mass is 9.87. The van der Waals surface area contributed by atoms with Gasteiger partial charge in [-0.2, -0.15) is 26.3 Å². The predicted octanol–water partition coefficient (Wildman–Crippen LogP) is 3.48. The summed E-state index contributed by atoms with van der Waals surface area (Å²) in [5, 5.41) is 14.8. The number of fused-ring (bicyclic) bond motifs is 1. The second-order valence-electron chi connectivity index (χ2n) is 10.8. The Bertz CT molecular complexity index is 1600. The monoisotopic (exact) mass is 668 g/mol. The van der Waals surface area contributed by atoms with E-state index in [9.17, 15) is 58.6 Å². The fourth-order valence-electron chi connectivity index (χ4n) is 5.30. The van der Waals surface area contributed by atoms with Gasteiger partial charge in [-0.3, -0.25) is 18.8 Å². The van der Waals surface area contributed by atoms with Gasteiger partial charge in [0.15, 0.2) is 0 Å². The van der Waals surface area contributed by atoms with Crippen LogP contribution in [0.1, 0.15) is 37.8 Å². The lowest BCUT2D eigenvalue weighted by molar-refractivity contribution is -0.376. The number of aliphatic hydroxyl groups is 1. The van der Waals surface area contributed by atoms with Crippen molar-refractivity contribution in [2.24, 2.45) is 0 Å². The SMILES string of the molecule is CCN1C(=O)NC(C)(CNC(=O)CC2CCc3cc(C(O)(C(F)(F)F)C(F)(F)F)ccc3N2S(=O)(=O)c2ccc(F)cc2)C1=O. The highest BCUT2D eigenvalue weighted by molar-refractivity contribution is 7.92. The molecule has 0 aromatic heterocycles. The van der Waals surface area contributed by atoms with Crippen LogP contribution >= 0.6 is 0 Å². The third-order valence-electron chi connectivity index (χ3n) is 7.73. The minimum atomic E-state index is -6.18. The highest BCUT2D eigenvalue weighted by Crippen LogP contribution is 2.51. The quantitative estimate of drug-likeness (QED) is 0.291. The van der Waals surface area contributed by atoms with Crippen LogP contribution in [0.2, 0.25) is 0 Å². The number of urea groups is 1. The number of sulfonamides is 1. The van der Waals surface area contributed by atoms with Crippen molar-refractivity contribution in [3.05, 3.63) is 59.4 Å². The Morgan fingerprint density at radius 3 is 2.20 bits per heavy atom. The Balaban J connectivity index is 1.70. The summed E-state index contributed by atoms with van der Waals surface area (Å²) in [6.45, 7) is 2.62. The topological polar surface area (TPSA) is 136 Å². The first kappa shape index (κ1) is 34.0. The minimum absolute atomic E-state index is 0.0664. The molecule has 18 heteroatoms. The van der Waals surface area contributed by atoms with Crippen LogP contribution in [0, 0.1) is 5.82 Å². The van der Waals surface area contributed by atoms with Crippen LogP contribution in [0.3, 0.4) is 0 Å². The number of amides is 4. The van der Waals surface area contributed by atoms with Crippen LogP contribution in [-0.4, -0.2) is 73.3 Å². The summed E-state index contributed by atoms with van der Waals surface area (Å²) >= 11 is 0. The molecular weight excluding hydrogens is 641 g/mol. The number of halogens is 7. The normalized spacial score (nSPS) is 21.1. The molecule has 3 N–H and O–H groups in total. The first-order valence-electron chi connectivity index (χ1n) is 13.4. The van der Waals surface area contributed by atoms with Crippen molar-refractivity contribution in [3.63, 3.8) is 0 Å². The van der Waals surface area contributed by atoms with Crippen molar-refractivity contribution in [1.82, 2.24) is 15.5 Å². The number of benzene rings is 2. The molecule has 2 heterocycles. The van der Waals surface area contributed by atoms with Crippen LogP contribution in [0.5, 0.6) is 0 Å². The molecule has 0 aliphatic carbocycles.